The first-order valence-electron chi connectivity index (χ1n) is 7.76. The molecule has 0 bridgehead atoms. The summed E-state index contributed by atoms with van der Waals surface area (Å²) in [5.74, 6) is 2.96. The summed E-state index contributed by atoms with van der Waals surface area (Å²) < 4.78 is 13.1. The molecular weight excluding hydrogens is 318 g/mol. The van der Waals surface area contributed by atoms with Gasteiger partial charge < -0.3 is 14.3 Å². The van der Waals surface area contributed by atoms with Gasteiger partial charge in [0.15, 0.2) is 11.6 Å². The fraction of sp³-hybridized carbons (Fsp3) is 0.0526. The third-order valence-electron chi connectivity index (χ3n) is 3.64. The molecule has 0 atom stereocenters. The molecule has 4 rings (SSSR count). The van der Waals surface area contributed by atoms with E-state index >= 15 is 0 Å². The van der Waals surface area contributed by atoms with Crippen LogP contribution in [0.3, 0.4) is 0 Å². The minimum Gasteiger partial charge on any atom is -0.455 e. The summed E-state index contributed by atoms with van der Waals surface area (Å²) in [5, 5.41) is 9.14. The third kappa shape index (κ3) is 3.15. The highest BCUT2D eigenvalue weighted by Gasteiger charge is 2.12. The maximum atomic E-state index is 9.14. The summed E-state index contributed by atoms with van der Waals surface area (Å²) >= 11 is 0. The summed E-state index contributed by atoms with van der Waals surface area (Å²) in [4.78, 5) is 8.67. The number of benzene rings is 1. The minimum absolute atomic E-state index is 0.145. The molecule has 0 saturated carbocycles. The van der Waals surface area contributed by atoms with Crippen molar-refractivity contribution in [1.29, 1.82) is 0 Å². The van der Waals surface area contributed by atoms with Crippen LogP contribution in [0.15, 0.2) is 77.6 Å². The molecule has 25 heavy (non-hydrogen) atoms. The van der Waals surface area contributed by atoms with Crippen molar-refractivity contribution in [2.24, 2.45) is 0 Å². The molecule has 4 aromatic rings. The van der Waals surface area contributed by atoms with E-state index in [0.717, 1.165) is 11.4 Å². The first-order chi connectivity index (χ1) is 12.3. The van der Waals surface area contributed by atoms with E-state index in [-0.39, 0.29) is 6.61 Å². The lowest BCUT2D eigenvalue weighted by atomic mass is 10.3. The molecule has 0 saturated heterocycles. The SMILES string of the molecule is OCc1ccc(-c2nccn2-c2ccc(Oc3ccccc3)nc2)o1. The molecule has 0 aliphatic rings. The Kier molecular flexibility index (Phi) is 4.02. The van der Waals surface area contributed by atoms with Gasteiger partial charge >= 0.3 is 0 Å². The van der Waals surface area contributed by atoms with Gasteiger partial charge in [0.2, 0.25) is 5.88 Å². The molecule has 0 radical (unpaired) electrons. The fourth-order valence-electron chi connectivity index (χ4n) is 2.46. The molecule has 124 valence electrons. The number of furan rings is 1. The molecule has 3 aromatic heterocycles. The molecule has 0 aliphatic carbocycles. The van der Waals surface area contributed by atoms with Gasteiger partial charge in [0.05, 0.1) is 11.9 Å². The van der Waals surface area contributed by atoms with Crippen molar-refractivity contribution in [3.63, 3.8) is 0 Å². The number of hydrogen-bond donors (Lipinski definition) is 1. The van der Waals surface area contributed by atoms with Gasteiger partial charge in [-0.25, -0.2) is 9.97 Å². The Balaban J connectivity index is 1.60. The molecule has 6 heteroatoms. The van der Waals surface area contributed by atoms with Gasteiger partial charge in [-0.2, -0.15) is 0 Å². The quantitative estimate of drug-likeness (QED) is 0.601. The topological polar surface area (TPSA) is 73.3 Å². The van der Waals surface area contributed by atoms with E-state index in [4.69, 9.17) is 14.3 Å². The van der Waals surface area contributed by atoms with E-state index in [1.807, 2.05) is 47.2 Å². The van der Waals surface area contributed by atoms with Crippen LogP contribution >= 0.6 is 0 Å². The van der Waals surface area contributed by atoms with E-state index in [0.29, 0.717) is 23.2 Å². The first-order valence-corrected chi connectivity index (χ1v) is 7.76. The van der Waals surface area contributed by atoms with Gasteiger partial charge in [0, 0.05) is 18.5 Å². The van der Waals surface area contributed by atoms with Gasteiger partial charge in [0.25, 0.3) is 0 Å². The second-order valence-corrected chi connectivity index (χ2v) is 5.31. The number of nitrogens with zero attached hydrogens (tertiary/aromatic N) is 3. The van der Waals surface area contributed by atoms with E-state index in [9.17, 15) is 0 Å². The zero-order valence-corrected chi connectivity index (χ0v) is 13.2. The smallest absolute Gasteiger partial charge is 0.219 e. The maximum Gasteiger partial charge on any atom is 0.219 e. The normalized spacial score (nSPS) is 10.8. The average molecular weight is 333 g/mol. The van der Waals surface area contributed by atoms with Crippen LogP contribution in [0.1, 0.15) is 5.76 Å². The van der Waals surface area contributed by atoms with Crippen molar-refractivity contribution in [1.82, 2.24) is 14.5 Å². The van der Waals surface area contributed by atoms with Crippen molar-refractivity contribution >= 4 is 0 Å². The molecule has 1 N–H and O–H groups in total. The van der Waals surface area contributed by atoms with Gasteiger partial charge in [-0.3, -0.25) is 4.57 Å². The van der Waals surface area contributed by atoms with Crippen LogP contribution in [0, 0.1) is 0 Å². The van der Waals surface area contributed by atoms with Crippen LogP contribution in [0.5, 0.6) is 11.6 Å². The zero-order chi connectivity index (χ0) is 17.1. The second-order valence-electron chi connectivity index (χ2n) is 5.31. The summed E-state index contributed by atoms with van der Waals surface area (Å²) in [5.41, 5.74) is 0.829. The number of hydrogen-bond acceptors (Lipinski definition) is 5. The van der Waals surface area contributed by atoms with Crippen LogP contribution in [-0.4, -0.2) is 19.6 Å². The molecule has 0 fully saturated rings. The molecule has 1 aromatic carbocycles. The number of para-hydroxylation sites is 1. The summed E-state index contributed by atoms with van der Waals surface area (Å²) in [7, 11) is 0. The number of rotatable bonds is 5. The van der Waals surface area contributed by atoms with Crippen molar-refractivity contribution in [2.45, 2.75) is 6.61 Å². The Morgan fingerprint density at radius 2 is 1.88 bits per heavy atom. The highest BCUT2D eigenvalue weighted by molar-refractivity contribution is 5.52. The van der Waals surface area contributed by atoms with Gasteiger partial charge in [0.1, 0.15) is 18.1 Å². The third-order valence-corrected chi connectivity index (χ3v) is 3.64. The number of aliphatic hydroxyl groups excluding tert-OH is 1. The van der Waals surface area contributed by atoms with Crippen LogP contribution in [-0.2, 0) is 6.61 Å². The molecular formula is C19H15N3O3. The van der Waals surface area contributed by atoms with E-state index in [1.165, 1.54) is 0 Å². The maximum absolute atomic E-state index is 9.14. The monoisotopic (exact) mass is 333 g/mol. The zero-order valence-electron chi connectivity index (χ0n) is 13.2. The highest BCUT2D eigenvalue weighted by atomic mass is 16.5. The molecule has 3 heterocycles. The molecule has 0 unspecified atom stereocenters. The standard InChI is InChI=1S/C19H15N3O3/c23-13-16-7-8-17(24-16)19-20-10-11-22(19)14-6-9-18(21-12-14)25-15-4-2-1-3-5-15/h1-12,23H,13H2. The Morgan fingerprint density at radius 1 is 1.00 bits per heavy atom. The fourth-order valence-corrected chi connectivity index (χ4v) is 2.46. The summed E-state index contributed by atoms with van der Waals surface area (Å²) in [6.45, 7) is -0.145. The van der Waals surface area contributed by atoms with Crippen molar-refractivity contribution in [3.05, 3.63) is 78.9 Å². The predicted octanol–water partition coefficient (Wildman–Crippen LogP) is 3.81. The lowest BCUT2D eigenvalue weighted by Crippen LogP contribution is -1.97. The lowest BCUT2D eigenvalue weighted by Gasteiger charge is -2.08. The number of ether oxygens (including phenoxy) is 1. The Hall–Kier alpha value is -3.38. The Morgan fingerprint density at radius 3 is 2.60 bits per heavy atom. The number of pyridine rings is 1. The van der Waals surface area contributed by atoms with Gasteiger partial charge in [-0.05, 0) is 30.3 Å². The van der Waals surface area contributed by atoms with Crippen molar-refractivity contribution in [3.8, 4) is 28.9 Å². The van der Waals surface area contributed by atoms with Crippen molar-refractivity contribution < 1.29 is 14.3 Å². The first kappa shape index (κ1) is 15.2. The van der Waals surface area contributed by atoms with Crippen LogP contribution in [0.2, 0.25) is 0 Å². The number of imidazole rings is 1. The minimum atomic E-state index is -0.145. The highest BCUT2D eigenvalue weighted by Crippen LogP contribution is 2.25. The molecule has 6 nitrogen and oxygen atoms in total. The van der Waals surface area contributed by atoms with Crippen molar-refractivity contribution in [2.75, 3.05) is 0 Å². The number of aliphatic hydroxyl groups is 1. The van der Waals surface area contributed by atoms with E-state index in [1.54, 1.807) is 30.6 Å². The molecule has 0 amide bonds. The van der Waals surface area contributed by atoms with Gasteiger partial charge in [-0.1, -0.05) is 18.2 Å². The largest absolute Gasteiger partial charge is 0.455 e. The molecule has 0 spiro atoms. The predicted molar refractivity (Wildman–Crippen MR) is 91.5 cm³/mol. The number of aromatic nitrogens is 3. The Labute approximate surface area is 144 Å². The molecule has 0 aliphatic heterocycles. The van der Waals surface area contributed by atoms with Crippen LogP contribution in [0.4, 0.5) is 0 Å². The second kappa shape index (κ2) is 6.62. The van der Waals surface area contributed by atoms with Gasteiger partial charge in [-0.15, -0.1) is 0 Å². The lowest BCUT2D eigenvalue weighted by molar-refractivity contribution is 0.248. The Bertz CT molecular complexity index is 959. The van der Waals surface area contributed by atoms with E-state index in [2.05, 4.69) is 9.97 Å². The summed E-state index contributed by atoms with van der Waals surface area (Å²) in [6.07, 6.45) is 5.22. The summed E-state index contributed by atoms with van der Waals surface area (Å²) in [6, 6.07) is 16.7. The van der Waals surface area contributed by atoms with Crippen LogP contribution < -0.4 is 4.74 Å². The van der Waals surface area contributed by atoms with E-state index < -0.39 is 0 Å². The van der Waals surface area contributed by atoms with Crippen LogP contribution in [0.25, 0.3) is 17.3 Å². The average Bonchev–Trinajstić information content (AvgIpc) is 3.32.